The summed E-state index contributed by atoms with van der Waals surface area (Å²) in [4.78, 5) is 0. The van der Waals surface area contributed by atoms with Gasteiger partial charge in [-0.05, 0) is 6.07 Å². The highest BCUT2D eigenvalue weighted by atomic mass is 32.1. The fourth-order valence-electron chi connectivity index (χ4n) is 0.426. The van der Waals surface area contributed by atoms with E-state index in [1.807, 2.05) is 24.4 Å². The van der Waals surface area contributed by atoms with E-state index >= 15 is 0 Å². The van der Waals surface area contributed by atoms with Crippen molar-refractivity contribution in [1.82, 2.24) is 0 Å². The van der Waals surface area contributed by atoms with Crippen molar-refractivity contribution in [3.63, 3.8) is 0 Å². The summed E-state index contributed by atoms with van der Waals surface area (Å²) in [6.07, 6.45) is 1.82. The van der Waals surface area contributed by atoms with Crippen LogP contribution in [0.3, 0.4) is 0 Å². The van der Waals surface area contributed by atoms with E-state index in [1.165, 1.54) is 0 Å². The Labute approximate surface area is 59.3 Å². The molecule has 0 saturated heterocycles. The summed E-state index contributed by atoms with van der Waals surface area (Å²) in [6.45, 7) is 0. The summed E-state index contributed by atoms with van der Waals surface area (Å²) >= 11 is 8.12. The molecule has 0 atom stereocenters. The van der Waals surface area contributed by atoms with Crippen molar-refractivity contribution in [2.45, 2.75) is 5.03 Å². The third kappa shape index (κ3) is 1.17. The van der Waals surface area contributed by atoms with Gasteiger partial charge in [0, 0.05) is 12.1 Å². The van der Waals surface area contributed by atoms with Crippen molar-refractivity contribution in [3.05, 3.63) is 24.4 Å². The van der Waals surface area contributed by atoms with Gasteiger partial charge < -0.3 is 0 Å². The van der Waals surface area contributed by atoms with Crippen LogP contribution in [-0.4, -0.2) is 0 Å². The second kappa shape index (κ2) is 2.42. The third-order valence-corrected chi connectivity index (χ3v) is 1.69. The first-order chi connectivity index (χ1) is 3.80. The zero-order chi connectivity index (χ0) is 5.98. The maximum atomic E-state index is 4.08. The summed E-state index contributed by atoms with van der Waals surface area (Å²) in [6, 6.07) is 5.68. The molecule has 1 nitrogen and oxygen atoms in total. The lowest BCUT2D eigenvalue weighted by molar-refractivity contribution is -0.533. The summed E-state index contributed by atoms with van der Waals surface area (Å²) in [5.74, 6) is 0. The smallest absolute Gasteiger partial charge is 0.124 e. The van der Waals surface area contributed by atoms with Gasteiger partial charge in [-0.25, -0.2) is 0 Å². The molecule has 1 heterocycles. The van der Waals surface area contributed by atoms with Crippen LogP contribution in [0, 0.1) is 0 Å². The molecule has 0 aliphatic heterocycles. The topological polar surface area (TPSA) is 3.88 Å². The van der Waals surface area contributed by atoms with E-state index in [9.17, 15) is 0 Å². The molecule has 8 heavy (non-hydrogen) atoms. The molecule has 1 rings (SSSR count). The SMILES string of the molecule is Sc1cccc[n+]1S. The van der Waals surface area contributed by atoms with Crippen molar-refractivity contribution in [2.24, 2.45) is 0 Å². The van der Waals surface area contributed by atoms with Gasteiger partial charge in [-0.3, -0.25) is 0 Å². The van der Waals surface area contributed by atoms with Gasteiger partial charge in [0.25, 0.3) is 0 Å². The molecule has 0 fully saturated rings. The van der Waals surface area contributed by atoms with E-state index in [1.54, 1.807) is 3.97 Å². The minimum Gasteiger partial charge on any atom is -0.124 e. The highest BCUT2D eigenvalue weighted by Gasteiger charge is 1.95. The molecule has 0 saturated carbocycles. The monoisotopic (exact) mass is 144 g/mol. The first-order valence-corrected chi connectivity index (χ1v) is 3.04. The summed E-state index contributed by atoms with van der Waals surface area (Å²) in [5.41, 5.74) is 0. The molecule has 0 N–H and O–H groups in total. The van der Waals surface area contributed by atoms with Crippen molar-refractivity contribution in [3.8, 4) is 0 Å². The highest BCUT2D eigenvalue weighted by Crippen LogP contribution is 1.95. The van der Waals surface area contributed by atoms with Gasteiger partial charge in [-0.2, -0.15) is 0 Å². The zero-order valence-corrected chi connectivity index (χ0v) is 5.94. The molecule has 1 aromatic heterocycles. The molecule has 0 aliphatic rings. The fourth-order valence-corrected chi connectivity index (χ4v) is 0.722. The maximum Gasteiger partial charge on any atom is 0.250 e. The van der Waals surface area contributed by atoms with Crippen molar-refractivity contribution in [1.29, 1.82) is 0 Å². The van der Waals surface area contributed by atoms with E-state index in [0.29, 0.717) is 0 Å². The Bertz CT molecular complexity index is 167. The van der Waals surface area contributed by atoms with Gasteiger partial charge in [-0.15, -0.1) is 3.97 Å². The molecule has 0 radical (unpaired) electrons. The summed E-state index contributed by atoms with van der Waals surface area (Å²) in [7, 11) is 0. The standard InChI is InChI=1S/C5H5NS2/c7-5-3-1-2-4-6(5)8/h1-4,8H/p+1. The normalized spacial score (nSPS) is 9.25. The van der Waals surface area contributed by atoms with E-state index in [-0.39, 0.29) is 0 Å². The Morgan fingerprint density at radius 1 is 1.38 bits per heavy atom. The lowest BCUT2D eigenvalue weighted by Gasteiger charge is -1.83. The molecule has 0 aromatic carbocycles. The highest BCUT2D eigenvalue weighted by molar-refractivity contribution is 7.80. The van der Waals surface area contributed by atoms with Gasteiger partial charge in [0.2, 0.25) is 5.03 Å². The Hall–Kier alpha value is -0.150. The fraction of sp³-hybridized carbons (Fsp3) is 0. The second-order valence-electron chi connectivity index (χ2n) is 1.40. The number of hydrogen-bond donors (Lipinski definition) is 2. The average Bonchev–Trinajstić information content (AvgIpc) is 1.77. The van der Waals surface area contributed by atoms with Crippen LogP contribution >= 0.6 is 25.4 Å². The van der Waals surface area contributed by atoms with Crippen LogP contribution in [-0.2, 0) is 0 Å². The van der Waals surface area contributed by atoms with Crippen LogP contribution in [0.25, 0.3) is 0 Å². The Balaban J connectivity index is 3.13. The second-order valence-corrected chi connectivity index (χ2v) is 2.29. The first-order valence-electron chi connectivity index (χ1n) is 2.19. The average molecular weight is 144 g/mol. The van der Waals surface area contributed by atoms with Gasteiger partial charge in [0.15, 0.2) is 6.20 Å². The van der Waals surface area contributed by atoms with E-state index in [4.69, 9.17) is 0 Å². The third-order valence-electron chi connectivity index (χ3n) is 0.818. The number of pyridine rings is 1. The van der Waals surface area contributed by atoms with Gasteiger partial charge in [-0.1, -0.05) is 12.6 Å². The molecule has 1 aromatic rings. The van der Waals surface area contributed by atoms with Gasteiger partial charge in [0.1, 0.15) is 12.8 Å². The Morgan fingerprint density at radius 3 is 2.50 bits per heavy atom. The first kappa shape index (κ1) is 5.98. The van der Waals surface area contributed by atoms with E-state index < -0.39 is 0 Å². The van der Waals surface area contributed by atoms with Crippen molar-refractivity contribution in [2.75, 3.05) is 0 Å². The Morgan fingerprint density at radius 2 is 2.12 bits per heavy atom. The van der Waals surface area contributed by atoms with Crippen LogP contribution in [0.15, 0.2) is 29.4 Å². The van der Waals surface area contributed by atoms with Crippen LogP contribution in [0.1, 0.15) is 0 Å². The van der Waals surface area contributed by atoms with Crippen LogP contribution in [0.2, 0.25) is 0 Å². The largest absolute Gasteiger partial charge is 0.250 e. The van der Waals surface area contributed by atoms with Crippen LogP contribution in [0.4, 0.5) is 0 Å². The summed E-state index contributed by atoms with van der Waals surface area (Å²) < 4.78 is 1.64. The number of nitrogens with zero attached hydrogens (tertiary/aromatic N) is 1. The molecule has 0 unspecified atom stereocenters. The van der Waals surface area contributed by atoms with Gasteiger partial charge >= 0.3 is 0 Å². The number of thiol groups is 2. The molecule has 0 bridgehead atoms. The van der Waals surface area contributed by atoms with E-state index in [0.717, 1.165) is 5.03 Å². The molecular formula is C5H6NS2+. The van der Waals surface area contributed by atoms with Crippen molar-refractivity contribution < 1.29 is 3.97 Å². The van der Waals surface area contributed by atoms with Crippen LogP contribution < -0.4 is 3.97 Å². The number of rotatable bonds is 0. The minimum atomic E-state index is 0.843. The number of aromatic nitrogens is 1. The molecule has 42 valence electrons. The molecule has 0 aliphatic carbocycles. The quantitative estimate of drug-likeness (QED) is 0.394. The maximum absolute atomic E-state index is 4.08. The summed E-state index contributed by atoms with van der Waals surface area (Å²) in [5, 5.41) is 0.843. The van der Waals surface area contributed by atoms with Gasteiger partial charge in [0.05, 0.1) is 0 Å². The van der Waals surface area contributed by atoms with E-state index in [2.05, 4.69) is 25.4 Å². The predicted molar refractivity (Wildman–Crippen MR) is 38.3 cm³/mol. The molecule has 0 spiro atoms. The van der Waals surface area contributed by atoms with Crippen molar-refractivity contribution >= 4 is 25.4 Å². The predicted octanol–water partition coefficient (Wildman–Crippen LogP) is 0.956. The molecule has 3 heteroatoms. The number of hydrogen-bond acceptors (Lipinski definition) is 2. The Kier molecular flexibility index (Phi) is 1.81. The zero-order valence-electron chi connectivity index (χ0n) is 4.15. The minimum absolute atomic E-state index is 0.843. The van der Waals surface area contributed by atoms with Crippen LogP contribution in [0.5, 0.6) is 0 Å². The molecule has 0 amide bonds. The lowest BCUT2D eigenvalue weighted by Crippen LogP contribution is -2.20. The lowest BCUT2D eigenvalue weighted by atomic mass is 10.5. The molecular weight excluding hydrogens is 138 g/mol.